The zero-order valence-corrected chi connectivity index (χ0v) is 20.8. The smallest absolute Gasteiger partial charge is 0.338 e. The number of fused-ring (bicyclic) bond motifs is 1. The highest BCUT2D eigenvalue weighted by molar-refractivity contribution is 7.71. The van der Waals surface area contributed by atoms with Crippen LogP contribution in [0.15, 0.2) is 47.3 Å². The lowest BCUT2D eigenvalue weighted by Crippen LogP contribution is -2.45. The van der Waals surface area contributed by atoms with E-state index < -0.39 is 5.97 Å². The third-order valence-corrected chi connectivity index (χ3v) is 6.73. The average Bonchev–Trinajstić information content (AvgIpc) is 2.81. The maximum absolute atomic E-state index is 13.4. The van der Waals surface area contributed by atoms with Gasteiger partial charge in [-0.05, 0) is 75.0 Å². The van der Waals surface area contributed by atoms with Crippen LogP contribution in [0.25, 0.3) is 5.69 Å². The minimum Gasteiger partial charge on any atom is -0.462 e. The maximum Gasteiger partial charge on any atom is 0.338 e. The molecule has 0 spiro atoms. The van der Waals surface area contributed by atoms with E-state index in [-0.39, 0.29) is 35.4 Å². The molecule has 0 saturated heterocycles. The van der Waals surface area contributed by atoms with Crippen molar-refractivity contribution in [3.05, 3.63) is 90.0 Å². The van der Waals surface area contributed by atoms with Crippen LogP contribution in [-0.2, 0) is 17.7 Å². The van der Waals surface area contributed by atoms with Gasteiger partial charge in [-0.25, -0.2) is 4.79 Å². The van der Waals surface area contributed by atoms with Gasteiger partial charge in [0.05, 0.1) is 34.4 Å². The molecule has 1 aliphatic heterocycles. The van der Waals surface area contributed by atoms with Crippen LogP contribution in [0.1, 0.15) is 45.8 Å². The molecule has 7 nitrogen and oxygen atoms in total. The van der Waals surface area contributed by atoms with E-state index in [1.807, 2.05) is 6.92 Å². The van der Waals surface area contributed by atoms with Crippen LogP contribution in [0.5, 0.6) is 0 Å². The topological polar surface area (TPSA) is 84.4 Å². The number of hydrogen-bond acceptors (Lipinski definition) is 5. The number of nitrogens with zero attached hydrogens (tertiary/aromatic N) is 2. The zero-order chi connectivity index (χ0) is 24.6. The molecule has 2 aromatic carbocycles. The average molecular weight is 518 g/mol. The molecule has 0 saturated carbocycles. The van der Waals surface area contributed by atoms with E-state index >= 15 is 0 Å². The summed E-state index contributed by atoms with van der Waals surface area (Å²) >= 11 is 17.5. The Morgan fingerprint density at radius 3 is 2.44 bits per heavy atom. The van der Waals surface area contributed by atoms with Crippen LogP contribution in [0.3, 0.4) is 0 Å². The Morgan fingerprint density at radius 2 is 1.79 bits per heavy atom. The van der Waals surface area contributed by atoms with E-state index in [1.165, 1.54) is 10.6 Å². The summed E-state index contributed by atoms with van der Waals surface area (Å²) in [6.07, 6.45) is 0.355. The van der Waals surface area contributed by atoms with Gasteiger partial charge in [0, 0.05) is 22.9 Å². The van der Waals surface area contributed by atoms with Gasteiger partial charge in [-0.2, -0.15) is 0 Å². The second-order valence-corrected chi connectivity index (χ2v) is 9.11. The molecule has 0 radical (unpaired) electrons. The van der Waals surface area contributed by atoms with Gasteiger partial charge in [0.25, 0.3) is 11.5 Å². The minimum absolute atomic E-state index is 0.198. The third-order valence-electron chi connectivity index (χ3n) is 5.71. The van der Waals surface area contributed by atoms with Crippen LogP contribution in [0.4, 0.5) is 0 Å². The number of nitrogens with one attached hydrogen (secondary N) is 1. The van der Waals surface area contributed by atoms with E-state index in [9.17, 15) is 14.4 Å². The molecule has 1 amide bonds. The highest BCUT2D eigenvalue weighted by Gasteiger charge is 2.30. The lowest BCUT2D eigenvalue weighted by molar-refractivity contribution is 0.0526. The summed E-state index contributed by atoms with van der Waals surface area (Å²) in [5.41, 5.74) is 2.24. The normalized spacial score (nSPS) is 15.1. The SMILES string of the molecule is CCOC(=O)c1ccc(-n2c(=S)[nH]c3c(c2=O)C[C@@H](C)N(C(=O)c2ccc(Cl)c(Cl)c2)C3)cc1. The molecule has 0 bridgehead atoms. The molecule has 1 N–H and O–H groups in total. The van der Waals surface area contributed by atoms with Gasteiger partial charge in [-0.3, -0.25) is 14.2 Å². The number of carbonyl (C=O) groups is 2. The summed E-state index contributed by atoms with van der Waals surface area (Å²) < 4.78 is 6.59. The van der Waals surface area contributed by atoms with Crippen LogP contribution in [-0.4, -0.2) is 39.0 Å². The fourth-order valence-corrected chi connectivity index (χ4v) is 4.57. The van der Waals surface area contributed by atoms with Gasteiger partial charge < -0.3 is 14.6 Å². The molecule has 1 aromatic heterocycles. The van der Waals surface area contributed by atoms with Crippen LogP contribution in [0, 0.1) is 4.77 Å². The van der Waals surface area contributed by atoms with Gasteiger partial charge in [0.1, 0.15) is 0 Å². The van der Waals surface area contributed by atoms with E-state index in [1.54, 1.807) is 48.2 Å². The van der Waals surface area contributed by atoms with Crippen molar-refractivity contribution in [2.24, 2.45) is 0 Å². The Balaban J connectivity index is 1.67. The fourth-order valence-electron chi connectivity index (χ4n) is 3.96. The Bertz CT molecular complexity index is 1400. The number of esters is 1. The van der Waals surface area contributed by atoms with Gasteiger partial charge in [-0.1, -0.05) is 23.2 Å². The van der Waals surface area contributed by atoms with Gasteiger partial charge in [0.2, 0.25) is 0 Å². The molecule has 10 heteroatoms. The predicted octanol–water partition coefficient (Wildman–Crippen LogP) is 4.97. The summed E-state index contributed by atoms with van der Waals surface area (Å²) in [6.45, 7) is 4.10. The molecule has 0 fully saturated rings. The molecule has 0 aliphatic carbocycles. The molecular formula is C24H21Cl2N3O4S. The number of amides is 1. The molecule has 176 valence electrons. The molecule has 2 heterocycles. The van der Waals surface area contributed by atoms with Gasteiger partial charge in [0.15, 0.2) is 4.77 Å². The summed E-state index contributed by atoms with van der Waals surface area (Å²) in [4.78, 5) is 43.2. The van der Waals surface area contributed by atoms with Gasteiger partial charge >= 0.3 is 5.97 Å². The Labute approximate surface area is 210 Å². The summed E-state index contributed by atoms with van der Waals surface area (Å²) in [6, 6.07) is 11.0. The number of hydrogen-bond donors (Lipinski definition) is 1. The first kappa shape index (κ1) is 24.2. The summed E-state index contributed by atoms with van der Waals surface area (Å²) in [5.74, 6) is -0.646. The van der Waals surface area contributed by atoms with Crippen LogP contribution < -0.4 is 5.56 Å². The van der Waals surface area contributed by atoms with E-state index in [4.69, 9.17) is 40.2 Å². The standard InChI is InChI=1S/C24H21Cl2N3O4S/c1-3-33-23(32)14-4-7-16(8-5-14)29-22(31)17-10-13(2)28(12-20(17)27-24(29)34)21(30)15-6-9-18(25)19(26)11-15/h4-9,11,13H,3,10,12H2,1-2H3,(H,27,34)/t13-/m1/s1. The maximum atomic E-state index is 13.4. The first-order valence-corrected chi connectivity index (χ1v) is 11.8. The summed E-state index contributed by atoms with van der Waals surface area (Å²) in [5, 5.41) is 0.670. The first-order chi connectivity index (χ1) is 16.2. The van der Waals surface area contributed by atoms with Crippen molar-refractivity contribution in [1.82, 2.24) is 14.5 Å². The van der Waals surface area contributed by atoms with Crippen molar-refractivity contribution in [3.63, 3.8) is 0 Å². The lowest BCUT2D eigenvalue weighted by atomic mass is 9.98. The lowest BCUT2D eigenvalue weighted by Gasteiger charge is -2.34. The number of aromatic nitrogens is 2. The highest BCUT2D eigenvalue weighted by atomic mass is 35.5. The Hall–Kier alpha value is -2.94. The number of rotatable bonds is 4. The Kier molecular flexibility index (Phi) is 6.93. The molecule has 1 atom stereocenters. The monoisotopic (exact) mass is 517 g/mol. The number of benzene rings is 2. The van der Waals surface area contributed by atoms with Crippen molar-refractivity contribution in [2.45, 2.75) is 32.9 Å². The quantitative estimate of drug-likeness (QED) is 0.390. The summed E-state index contributed by atoms with van der Waals surface area (Å²) in [7, 11) is 0. The second kappa shape index (κ2) is 9.74. The molecule has 0 unspecified atom stereocenters. The minimum atomic E-state index is -0.433. The number of ether oxygens (including phenoxy) is 1. The second-order valence-electron chi connectivity index (χ2n) is 7.91. The van der Waals surface area contributed by atoms with Crippen LogP contribution >= 0.6 is 35.4 Å². The third kappa shape index (κ3) is 4.53. The molecule has 34 heavy (non-hydrogen) atoms. The van der Waals surface area contributed by atoms with Crippen molar-refractivity contribution >= 4 is 47.3 Å². The van der Waals surface area contributed by atoms with Gasteiger partial charge in [-0.15, -0.1) is 0 Å². The van der Waals surface area contributed by atoms with Crippen molar-refractivity contribution < 1.29 is 14.3 Å². The Morgan fingerprint density at radius 1 is 1.12 bits per heavy atom. The predicted molar refractivity (Wildman–Crippen MR) is 133 cm³/mol. The molecular weight excluding hydrogens is 497 g/mol. The van der Waals surface area contributed by atoms with E-state index in [2.05, 4.69) is 4.98 Å². The zero-order valence-electron chi connectivity index (χ0n) is 18.4. The molecule has 3 aromatic rings. The number of halogens is 2. The van der Waals surface area contributed by atoms with Crippen molar-refractivity contribution in [1.29, 1.82) is 0 Å². The number of aromatic amines is 1. The fraction of sp³-hybridized carbons (Fsp3) is 0.250. The van der Waals surface area contributed by atoms with E-state index in [0.717, 1.165) is 0 Å². The van der Waals surface area contributed by atoms with Crippen molar-refractivity contribution in [2.75, 3.05) is 6.61 Å². The number of H-pyrrole nitrogens is 1. The largest absolute Gasteiger partial charge is 0.462 e. The molecule has 1 aliphatic rings. The van der Waals surface area contributed by atoms with E-state index in [0.29, 0.717) is 44.5 Å². The highest BCUT2D eigenvalue weighted by Crippen LogP contribution is 2.26. The van der Waals surface area contributed by atoms with Crippen molar-refractivity contribution in [3.8, 4) is 5.69 Å². The molecule has 4 rings (SSSR count). The first-order valence-electron chi connectivity index (χ1n) is 10.6. The number of carbonyl (C=O) groups excluding carboxylic acids is 2. The van der Waals surface area contributed by atoms with Crippen LogP contribution in [0.2, 0.25) is 10.0 Å².